The number of rotatable bonds is 5. The molecule has 1 fully saturated rings. The molecule has 0 radical (unpaired) electrons. The average molecular weight is 535 g/mol. The predicted octanol–water partition coefficient (Wildman–Crippen LogP) is 6.13. The summed E-state index contributed by atoms with van der Waals surface area (Å²) in [4.78, 5) is 15.0. The van der Waals surface area contributed by atoms with E-state index in [9.17, 15) is 0 Å². The Balaban J connectivity index is 1.45. The zero-order valence-electron chi connectivity index (χ0n) is 23.5. The van der Waals surface area contributed by atoms with Crippen LogP contribution in [-0.4, -0.2) is 59.7 Å². The van der Waals surface area contributed by atoms with Gasteiger partial charge in [0.1, 0.15) is 22.9 Å². The van der Waals surface area contributed by atoms with E-state index in [1.807, 2.05) is 37.8 Å². The van der Waals surface area contributed by atoms with Crippen molar-refractivity contribution in [3.05, 3.63) is 66.0 Å². The van der Waals surface area contributed by atoms with Crippen LogP contribution in [0.5, 0.6) is 5.75 Å². The van der Waals surface area contributed by atoms with Crippen molar-refractivity contribution in [2.24, 2.45) is 0 Å². The van der Waals surface area contributed by atoms with Crippen LogP contribution in [0.2, 0.25) is 0 Å². The van der Waals surface area contributed by atoms with Crippen molar-refractivity contribution in [2.45, 2.75) is 46.3 Å². The van der Waals surface area contributed by atoms with Crippen molar-refractivity contribution < 1.29 is 13.5 Å². The molecule has 0 saturated carbocycles. The van der Waals surface area contributed by atoms with E-state index in [0.29, 0.717) is 16.9 Å². The third-order valence-corrected chi connectivity index (χ3v) is 7.44. The molecule has 5 rings (SSSR count). The molecule has 3 heterocycles. The van der Waals surface area contributed by atoms with Gasteiger partial charge in [0.15, 0.2) is 5.82 Å². The zero-order valence-corrected chi connectivity index (χ0v) is 23.5. The molecule has 0 atom stereocenters. The van der Waals surface area contributed by atoms with Crippen LogP contribution in [0.4, 0.5) is 31.8 Å². The van der Waals surface area contributed by atoms with Gasteiger partial charge in [0.2, 0.25) is 5.95 Å². The molecule has 0 spiro atoms. The zero-order chi connectivity index (χ0) is 28.1. The second-order valence-corrected chi connectivity index (χ2v) is 11.1. The molecule has 3 aromatic rings. The number of hydrogen-bond donors (Lipinski definition) is 1. The maximum Gasteiger partial charge on any atom is 0.227 e. The minimum absolute atomic E-state index is 0.116. The topological polar surface area (TPSA) is 56.8 Å². The summed E-state index contributed by atoms with van der Waals surface area (Å²) in [6.07, 6.45) is 1.13. The maximum absolute atomic E-state index is 15.1. The third-order valence-electron chi connectivity index (χ3n) is 7.44. The van der Waals surface area contributed by atoms with Crippen LogP contribution in [0.15, 0.2) is 48.8 Å². The number of anilines is 4. The quantitative estimate of drug-likeness (QED) is 0.423. The van der Waals surface area contributed by atoms with Crippen LogP contribution in [0, 0.1) is 18.6 Å². The highest BCUT2D eigenvalue weighted by atomic mass is 19.1. The fourth-order valence-corrected chi connectivity index (χ4v) is 5.19. The van der Waals surface area contributed by atoms with Gasteiger partial charge in [-0.05, 0) is 77.6 Å². The predicted molar refractivity (Wildman–Crippen MR) is 153 cm³/mol. The Morgan fingerprint density at radius 3 is 2.41 bits per heavy atom. The molecule has 1 N–H and O–H groups in total. The first kappa shape index (κ1) is 26.9. The minimum atomic E-state index is -0.573. The van der Waals surface area contributed by atoms with Gasteiger partial charge in [-0.25, -0.2) is 18.7 Å². The summed E-state index contributed by atoms with van der Waals surface area (Å²) in [6.45, 7) is 17.7. The monoisotopic (exact) mass is 534 g/mol. The number of piperazine rings is 1. The van der Waals surface area contributed by atoms with E-state index in [1.54, 1.807) is 12.1 Å². The fourth-order valence-electron chi connectivity index (χ4n) is 5.19. The molecule has 39 heavy (non-hydrogen) atoms. The van der Waals surface area contributed by atoms with Crippen molar-refractivity contribution in [3.63, 3.8) is 0 Å². The molecular formula is C30H36F2N6O. The Morgan fingerprint density at radius 2 is 1.74 bits per heavy atom. The number of benzene rings is 2. The first-order chi connectivity index (χ1) is 18.4. The largest absolute Gasteiger partial charge is 0.479 e. The van der Waals surface area contributed by atoms with E-state index in [-0.39, 0.29) is 23.5 Å². The molecule has 1 saturated heterocycles. The number of likely N-dealkylation sites (N-methyl/N-ethyl adjacent to an activating group) is 1. The molecule has 2 aliphatic heterocycles. The van der Waals surface area contributed by atoms with Gasteiger partial charge in [-0.2, -0.15) is 0 Å². The summed E-state index contributed by atoms with van der Waals surface area (Å²) in [5.74, 6) is 0.0437. The van der Waals surface area contributed by atoms with E-state index in [0.717, 1.165) is 55.1 Å². The normalized spacial score (nSPS) is 17.3. The van der Waals surface area contributed by atoms with Gasteiger partial charge in [0, 0.05) is 43.5 Å². The number of halogens is 2. The lowest BCUT2D eigenvalue weighted by Gasteiger charge is -2.45. The first-order valence-corrected chi connectivity index (χ1v) is 13.3. The Bertz CT molecular complexity index is 1410. The molecule has 2 aromatic carbocycles. The summed E-state index contributed by atoms with van der Waals surface area (Å²) in [5.41, 5.74) is 3.73. The summed E-state index contributed by atoms with van der Waals surface area (Å²) in [5, 5.41) is 3.04. The lowest BCUT2D eigenvalue weighted by molar-refractivity contribution is 0.134. The Morgan fingerprint density at radius 1 is 1.03 bits per heavy atom. The van der Waals surface area contributed by atoms with Crippen LogP contribution in [-0.2, 0) is 0 Å². The Hall–Kier alpha value is -3.72. The number of ether oxygens (including phenoxy) is 1. The standard InChI is InChI=1S/C30H36F2N6O/c1-18(2)38-20(4)30(5,6)39-28-19(3)14-21(15-26(28)38)27-24(32)17-33-29(35-27)34-22-8-9-25(23(31)16-22)37-12-10-36(7)11-13-37/h8-9,14-18H,4,10-13H2,1-3,5-7H3,(H,33,34,35). The first-order valence-electron chi connectivity index (χ1n) is 13.3. The number of aromatic nitrogens is 2. The highest BCUT2D eigenvalue weighted by Gasteiger charge is 2.38. The van der Waals surface area contributed by atoms with Crippen LogP contribution in [0.25, 0.3) is 11.3 Å². The Labute approximate surface area is 229 Å². The van der Waals surface area contributed by atoms with E-state index in [1.165, 1.54) is 6.07 Å². The number of aryl methyl sites for hydroxylation is 1. The minimum Gasteiger partial charge on any atom is -0.479 e. The van der Waals surface area contributed by atoms with E-state index in [2.05, 4.69) is 52.6 Å². The second kappa shape index (κ2) is 10.1. The SMILES string of the molecule is C=C1N(C(C)C)c2cc(-c3nc(Nc4ccc(N5CCN(C)CC5)c(F)c4)ncc3F)cc(C)c2OC1(C)C. The van der Waals surface area contributed by atoms with Crippen LogP contribution >= 0.6 is 0 Å². The van der Waals surface area contributed by atoms with E-state index in [4.69, 9.17) is 4.74 Å². The van der Waals surface area contributed by atoms with E-state index >= 15 is 8.78 Å². The summed E-state index contributed by atoms with van der Waals surface area (Å²) in [6, 6.07) is 8.83. The number of nitrogens with zero attached hydrogens (tertiary/aromatic N) is 5. The number of nitrogens with one attached hydrogen (secondary N) is 1. The van der Waals surface area contributed by atoms with Gasteiger partial charge < -0.3 is 24.8 Å². The smallest absolute Gasteiger partial charge is 0.227 e. The molecule has 1 aromatic heterocycles. The fraction of sp³-hybridized carbons (Fsp3) is 0.400. The number of hydrogen-bond acceptors (Lipinski definition) is 7. The van der Waals surface area contributed by atoms with Crippen LogP contribution in [0.1, 0.15) is 33.3 Å². The lowest BCUT2D eigenvalue weighted by Crippen LogP contribution is -2.47. The Kier molecular flexibility index (Phi) is 6.97. The molecule has 206 valence electrons. The molecule has 0 unspecified atom stereocenters. The van der Waals surface area contributed by atoms with Crippen molar-refractivity contribution >= 4 is 23.0 Å². The molecule has 9 heteroatoms. The summed E-state index contributed by atoms with van der Waals surface area (Å²) >= 11 is 0. The van der Waals surface area contributed by atoms with Crippen molar-refractivity contribution in [2.75, 3.05) is 48.3 Å². The van der Waals surface area contributed by atoms with Crippen molar-refractivity contribution in [1.82, 2.24) is 14.9 Å². The highest BCUT2D eigenvalue weighted by molar-refractivity contribution is 5.77. The molecule has 0 aliphatic carbocycles. The average Bonchev–Trinajstić information content (AvgIpc) is 2.87. The highest BCUT2D eigenvalue weighted by Crippen LogP contribution is 2.47. The third kappa shape index (κ3) is 5.15. The molecule has 2 aliphatic rings. The van der Waals surface area contributed by atoms with E-state index < -0.39 is 11.4 Å². The molecule has 0 bridgehead atoms. The lowest BCUT2D eigenvalue weighted by atomic mass is 9.96. The van der Waals surface area contributed by atoms with Gasteiger partial charge in [-0.15, -0.1) is 0 Å². The van der Waals surface area contributed by atoms with Gasteiger partial charge >= 0.3 is 0 Å². The maximum atomic E-state index is 15.1. The second-order valence-electron chi connectivity index (χ2n) is 11.1. The van der Waals surface area contributed by atoms with Gasteiger partial charge in [-0.3, -0.25) is 0 Å². The van der Waals surface area contributed by atoms with Crippen molar-refractivity contribution in [1.29, 1.82) is 0 Å². The van der Waals surface area contributed by atoms with Crippen LogP contribution in [0.3, 0.4) is 0 Å². The summed E-state index contributed by atoms with van der Waals surface area (Å²) in [7, 11) is 2.06. The molecular weight excluding hydrogens is 498 g/mol. The molecule has 7 nitrogen and oxygen atoms in total. The van der Waals surface area contributed by atoms with Gasteiger partial charge in [0.05, 0.1) is 23.3 Å². The molecule has 0 amide bonds. The van der Waals surface area contributed by atoms with Gasteiger partial charge in [-0.1, -0.05) is 6.58 Å². The van der Waals surface area contributed by atoms with Crippen molar-refractivity contribution in [3.8, 4) is 17.0 Å². The van der Waals surface area contributed by atoms with Gasteiger partial charge in [0.25, 0.3) is 0 Å². The number of fused-ring (bicyclic) bond motifs is 1. The summed E-state index contributed by atoms with van der Waals surface area (Å²) < 4.78 is 36.4. The van der Waals surface area contributed by atoms with Crippen LogP contribution < -0.4 is 19.9 Å².